The summed E-state index contributed by atoms with van der Waals surface area (Å²) in [6, 6.07) is 6.61. The number of aromatic nitrogens is 2. The zero-order chi connectivity index (χ0) is 22.3. The van der Waals surface area contributed by atoms with E-state index in [2.05, 4.69) is 15.3 Å². The highest BCUT2D eigenvalue weighted by Crippen LogP contribution is 2.27. The third-order valence-electron chi connectivity index (χ3n) is 4.98. The zero-order valence-electron chi connectivity index (χ0n) is 17.7. The van der Waals surface area contributed by atoms with Crippen molar-refractivity contribution in [3.63, 3.8) is 0 Å². The van der Waals surface area contributed by atoms with Crippen molar-refractivity contribution in [1.29, 1.82) is 0 Å². The Morgan fingerprint density at radius 3 is 2.39 bits per heavy atom. The highest BCUT2D eigenvalue weighted by Gasteiger charge is 2.27. The quantitative estimate of drug-likeness (QED) is 0.559. The molecule has 0 saturated carbocycles. The fourth-order valence-electron chi connectivity index (χ4n) is 3.29. The maximum atomic E-state index is 12.6. The van der Waals surface area contributed by atoms with Crippen LogP contribution in [0.2, 0.25) is 0 Å². The van der Waals surface area contributed by atoms with Gasteiger partial charge in [-0.15, -0.1) is 0 Å². The number of benzene rings is 1. The first kappa shape index (κ1) is 22.8. The average Bonchev–Trinajstić information content (AvgIpc) is 2.81. The smallest absolute Gasteiger partial charge is 0.251 e. The summed E-state index contributed by atoms with van der Waals surface area (Å²) in [7, 11) is -0.375. The van der Waals surface area contributed by atoms with E-state index < -0.39 is 10.0 Å². The number of nitrogens with zero attached hydrogens (tertiary/aromatic N) is 4. The molecule has 0 atom stereocenters. The highest BCUT2D eigenvalue weighted by atomic mass is 32.2. The van der Waals surface area contributed by atoms with Crippen molar-refractivity contribution in [2.24, 2.45) is 0 Å². The van der Waals surface area contributed by atoms with E-state index in [9.17, 15) is 13.2 Å². The van der Waals surface area contributed by atoms with Gasteiger partial charge in [-0.1, -0.05) is 0 Å². The minimum atomic E-state index is -3.39. The lowest BCUT2D eigenvalue weighted by Crippen LogP contribution is -2.49. The van der Waals surface area contributed by atoms with Gasteiger partial charge in [-0.3, -0.25) is 4.79 Å². The number of carbonyl (C=O) groups excluding carboxylic acids is 1. The molecule has 2 aromatic rings. The van der Waals surface area contributed by atoms with Crippen molar-refractivity contribution >= 4 is 21.9 Å². The van der Waals surface area contributed by atoms with Crippen molar-refractivity contribution < 1.29 is 22.7 Å². The highest BCUT2D eigenvalue weighted by molar-refractivity contribution is 7.89. The molecule has 0 aliphatic carbocycles. The molecule has 0 unspecified atom stereocenters. The molecule has 0 bridgehead atoms. The maximum Gasteiger partial charge on any atom is 0.251 e. The fraction of sp³-hybridized carbons (Fsp3) is 0.450. The van der Waals surface area contributed by atoms with Crippen molar-refractivity contribution in [3.05, 3.63) is 42.2 Å². The standard InChI is InChI=1S/C20H27N5O5S/c1-29-17-6-5-16(15-18(17)30-2)19(26)21-9-4-14-31(27,28)25-12-10-24(11-13-25)20-22-7-3-8-23-20/h3,5-8,15H,4,9-14H2,1-2H3,(H,21,26). The molecule has 1 aromatic heterocycles. The minimum Gasteiger partial charge on any atom is -0.493 e. The molecule has 0 spiro atoms. The maximum absolute atomic E-state index is 12.6. The molecule has 1 aliphatic rings. The summed E-state index contributed by atoms with van der Waals surface area (Å²) in [4.78, 5) is 22.7. The molecule has 3 rings (SSSR count). The molecule has 0 radical (unpaired) electrons. The van der Waals surface area contributed by atoms with E-state index in [1.54, 1.807) is 36.7 Å². The molecule has 11 heteroatoms. The molecule has 10 nitrogen and oxygen atoms in total. The van der Waals surface area contributed by atoms with Gasteiger partial charge in [-0.2, -0.15) is 4.31 Å². The third-order valence-corrected chi connectivity index (χ3v) is 6.93. The molecule has 1 aliphatic heterocycles. The Bertz CT molecular complexity index is 979. The summed E-state index contributed by atoms with van der Waals surface area (Å²) >= 11 is 0. The van der Waals surface area contributed by atoms with Gasteiger partial charge in [-0.25, -0.2) is 18.4 Å². The van der Waals surface area contributed by atoms with Crippen LogP contribution in [0, 0.1) is 0 Å². The monoisotopic (exact) mass is 449 g/mol. The molecule has 31 heavy (non-hydrogen) atoms. The summed E-state index contributed by atoms with van der Waals surface area (Å²) in [6.45, 7) is 2.11. The van der Waals surface area contributed by atoms with Crippen LogP contribution in [0.15, 0.2) is 36.7 Å². The van der Waals surface area contributed by atoms with Gasteiger partial charge in [0, 0.05) is 50.7 Å². The van der Waals surface area contributed by atoms with E-state index in [4.69, 9.17) is 9.47 Å². The van der Waals surface area contributed by atoms with Crippen molar-refractivity contribution in [2.45, 2.75) is 6.42 Å². The first-order valence-corrected chi connectivity index (χ1v) is 11.6. The van der Waals surface area contributed by atoms with Crippen molar-refractivity contribution in [1.82, 2.24) is 19.6 Å². The number of hydrogen-bond donors (Lipinski definition) is 1. The molecule has 1 saturated heterocycles. The largest absolute Gasteiger partial charge is 0.493 e. The van der Waals surface area contributed by atoms with E-state index in [1.165, 1.54) is 18.5 Å². The molecule has 168 valence electrons. The third kappa shape index (κ3) is 5.82. The Morgan fingerprint density at radius 2 is 1.74 bits per heavy atom. The number of sulfonamides is 1. The van der Waals surface area contributed by atoms with Gasteiger partial charge in [0.15, 0.2) is 11.5 Å². The Hall–Kier alpha value is -2.92. The topological polar surface area (TPSA) is 114 Å². The lowest BCUT2D eigenvalue weighted by Gasteiger charge is -2.33. The fourth-order valence-corrected chi connectivity index (χ4v) is 4.77. The number of carbonyl (C=O) groups is 1. The number of rotatable bonds is 9. The Morgan fingerprint density at radius 1 is 1.06 bits per heavy atom. The van der Waals surface area contributed by atoms with Gasteiger partial charge in [0.05, 0.1) is 20.0 Å². The molecule has 1 aromatic carbocycles. The van der Waals surface area contributed by atoms with Gasteiger partial charge in [0.1, 0.15) is 0 Å². The van der Waals surface area contributed by atoms with Gasteiger partial charge in [-0.05, 0) is 30.7 Å². The zero-order valence-corrected chi connectivity index (χ0v) is 18.5. The van der Waals surface area contributed by atoms with Crippen LogP contribution in [0.5, 0.6) is 11.5 Å². The van der Waals surface area contributed by atoms with Crippen LogP contribution in [0.1, 0.15) is 16.8 Å². The van der Waals surface area contributed by atoms with E-state index in [-0.39, 0.29) is 18.2 Å². The number of nitrogens with one attached hydrogen (secondary N) is 1. The van der Waals surface area contributed by atoms with Crippen molar-refractivity contribution in [2.75, 3.05) is 57.6 Å². The van der Waals surface area contributed by atoms with Gasteiger partial charge in [0.2, 0.25) is 16.0 Å². The van der Waals surface area contributed by atoms with Crippen LogP contribution in [0.3, 0.4) is 0 Å². The number of methoxy groups -OCH3 is 2. The van der Waals surface area contributed by atoms with Crippen LogP contribution >= 0.6 is 0 Å². The first-order valence-electron chi connectivity index (χ1n) is 9.94. The van der Waals surface area contributed by atoms with Crippen molar-refractivity contribution in [3.8, 4) is 11.5 Å². The van der Waals surface area contributed by atoms with Crippen LogP contribution in [-0.4, -0.2) is 81.3 Å². The summed E-state index contributed by atoms with van der Waals surface area (Å²) in [6.07, 6.45) is 3.66. The summed E-state index contributed by atoms with van der Waals surface area (Å²) < 4.78 is 37.1. The summed E-state index contributed by atoms with van der Waals surface area (Å²) in [5, 5.41) is 2.75. The molecular formula is C20H27N5O5S. The lowest BCUT2D eigenvalue weighted by atomic mass is 10.2. The lowest BCUT2D eigenvalue weighted by molar-refractivity contribution is 0.0953. The molecule has 1 N–H and O–H groups in total. The second kappa shape index (κ2) is 10.4. The predicted octanol–water partition coefficient (Wildman–Crippen LogP) is 0.766. The number of ether oxygens (including phenoxy) is 2. The average molecular weight is 450 g/mol. The Labute approximate surface area is 182 Å². The minimum absolute atomic E-state index is 0.0267. The number of amides is 1. The molecular weight excluding hydrogens is 422 g/mol. The van der Waals surface area contributed by atoms with E-state index in [0.29, 0.717) is 55.6 Å². The SMILES string of the molecule is COc1ccc(C(=O)NCCCS(=O)(=O)N2CCN(c3ncccn3)CC2)cc1OC. The number of piperazine rings is 1. The van der Waals surface area contributed by atoms with Gasteiger partial charge in [0.25, 0.3) is 5.91 Å². The second-order valence-corrected chi connectivity index (χ2v) is 9.02. The van der Waals surface area contributed by atoms with E-state index >= 15 is 0 Å². The van der Waals surface area contributed by atoms with E-state index in [1.807, 2.05) is 4.90 Å². The molecule has 1 fully saturated rings. The Kier molecular flexibility index (Phi) is 7.64. The molecule has 2 heterocycles. The van der Waals surface area contributed by atoms with E-state index in [0.717, 1.165) is 0 Å². The summed E-state index contributed by atoms with van der Waals surface area (Å²) in [5.41, 5.74) is 0.416. The normalized spacial score (nSPS) is 14.8. The second-order valence-electron chi connectivity index (χ2n) is 6.93. The number of hydrogen-bond acceptors (Lipinski definition) is 8. The van der Waals surface area contributed by atoms with Gasteiger partial charge < -0.3 is 19.7 Å². The first-order chi connectivity index (χ1) is 14.9. The van der Waals surface area contributed by atoms with Crippen LogP contribution < -0.4 is 19.7 Å². The predicted molar refractivity (Wildman–Crippen MR) is 116 cm³/mol. The van der Waals surface area contributed by atoms with Crippen LogP contribution in [0.25, 0.3) is 0 Å². The Balaban J connectivity index is 1.44. The van der Waals surface area contributed by atoms with Crippen LogP contribution in [0.4, 0.5) is 5.95 Å². The summed E-state index contributed by atoms with van der Waals surface area (Å²) in [5.74, 6) is 1.27. The molecule has 1 amide bonds. The van der Waals surface area contributed by atoms with Gasteiger partial charge >= 0.3 is 0 Å². The number of anilines is 1. The van der Waals surface area contributed by atoms with Crippen LogP contribution in [-0.2, 0) is 10.0 Å².